The van der Waals surface area contributed by atoms with E-state index in [4.69, 9.17) is 0 Å². The van der Waals surface area contributed by atoms with Crippen LogP contribution < -0.4 is 9.62 Å². The van der Waals surface area contributed by atoms with Crippen molar-refractivity contribution in [1.82, 2.24) is 14.7 Å². The second kappa shape index (κ2) is 7.27. The predicted octanol–water partition coefficient (Wildman–Crippen LogP) is 1.87. The second-order valence-electron chi connectivity index (χ2n) is 6.18. The van der Waals surface area contributed by atoms with Crippen LogP contribution in [0.5, 0.6) is 0 Å². The standard InChI is InChI=1S/C17H22N4O2S/c1-14-4-2-5-15(12-14)13-24(22,23)20-16-6-10-21(11-7-16)17-18-8-3-9-19-17/h2-5,8-9,12,16,20H,6-7,10-11,13H2,1H3. The molecular weight excluding hydrogens is 324 g/mol. The molecule has 1 aromatic heterocycles. The van der Waals surface area contributed by atoms with Crippen LogP contribution in [-0.4, -0.2) is 37.5 Å². The van der Waals surface area contributed by atoms with E-state index in [1.165, 1.54) is 0 Å². The third-order valence-corrected chi connectivity index (χ3v) is 5.52. The van der Waals surface area contributed by atoms with Gasteiger partial charge in [-0.25, -0.2) is 23.1 Å². The van der Waals surface area contributed by atoms with Crippen molar-refractivity contribution in [2.45, 2.75) is 31.6 Å². The molecule has 1 aromatic carbocycles. The van der Waals surface area contributed by atoms with Gasteiger partial charge in [-0.05, 0) is 31.4 Å². The number of nitrogens with zero attached hydrogens (tertiary/aromatic N) is 3. The number of aromatic nitrogens is 2. The topological polar surface area (TPSA) is 75.2 Å². The van der Waals surface area contributed by atoms with Crippen LogP contribution in [0.2, 0.25) is 0 Å². The van der Waals surface area contributed by atoms with Crippen molar-refractivity contribution in [3.8, 4) is 0 Å². The van der Waals surface area contributed by atoms with Gasteiger partial charge < -0.3 is 4.90 Å². The van der Waals surface area contributed by atoms with Crippen molar-refractivity contribution >= 4 is 16.0 Å². The molecule has 1 fully saturated rings. The van der Waals surface area contributed by atoms with Gasteiger partial charge in [-0.3, -0.25) is 0 Å². The third-order valence-electron chi connectivity index (χ3n) is 4.12. The molecule has 1 aliphatic heterocycles. The monoisotopic (exact) mass is 346 g/mol. The molecule has 0 amide bonds. The van der Waals surface area contributed by atoms with Gasteiger partial charge in [0, 0.05) is 31.5 Å². The summed E-state index contributed by atoms with van der Waals surface area (Å²) in [5, 5.41) is 0. The number of hydrogen-bond acceptors (Lipinski definition) is 5. The van der Waals surface area contributed by atoms with E-state index < -0.39 is 10.0 Å². The average Bonchev–Trinajstić information content (AvgIpc) is 2.55. The first-order chi connectivity index (χ1) is 11.5. The Bertz CT molecular complexity index is 772. The Hall–Kier alpha value is -1.99. The molecule has 7 heteroatoms. The molecule has 1 aliphatic rings. The van der Waals surface area contributed by atoms with Crippen LogP contribution in [0.25, 0.3) is 0 Å². The summed E-state index contributed by atoms with van der Waals surface area (Å²) in [7, 11) is -3.33. The fourth-order valence-electron chi connectivity index (χ4n) is 2.97. The maximum absolute atomic E-state index is 12.4. The van der Waals surface area contributed by atoms with Crippen molar-refractivity contribution in [3.05, 3.63) is 53.9 Å². The van der Waals surface area contributed by atoms with Crippen LogP contribution in [0.15, 0.2) is 42.7 Å². The number of piperidine rings is 1. The van der Waals surface area contributed by atoms with E-state index in [1.807, 2.05) is 31.2 Å². The molecule has 24 heavy (non-hydrogen) atoms. The van der Waals surface area contributed by atoms with Gasteiger partial charge in [-0.2, -0.15) is 0 Å². The van der Waals surface area contributed by atoms with E-state index in [-0.39, 0.29) is 11.8 Å². The zero-order valence-corrected chi connectivity index (χ0v) is 14.5. The zero-order chi connectivity index (χ0) is 17.0. The summed E-state index contributed by atoms with van der Waals surface area (Å²) in [4.78, 5) is 10.6. The summed E-state index contributed by atoms with van der Waals surface area (Å²) in [6.45, 7) is 3.47. The minimum absolute atomic E-state index is 0.0245. The van der Waals surface area contributed by atoms with Crippen molar-refractivity contribution in [2.24, 2.45) is 0 Å². The van der Waals surface area contributed by atoms with Gasteiger partial charge in [-0.15, -0.1) is 0 Å². The highest BCUT2D eigenvalue weighted by Crippen LogP contribution is 2.17. The first-order valence-electron chi connectivity index (χ1n) is 8.09. The molecular formula is C17H22N4O2S. The lowest BCUT2D eigenvalue weighted by molar-refractivity contribution is 0.456. The normalized spacial score (nSPS) is 16.3. The lowest BCUT2D eigenvalue weighted by atomic mass is 10.1. The highest BCUT2D eigenvalue weighted by molar-refractivity contribution is 7.88. The molecule has 0 unspecified atom stereocenters. The Balaban J connectivity index is 1.55. The zero-order valence-electron chi connectivity index (χ0n) is 13.7. The highest BCUT2D eigenvalue weighted by atomic mass is 32.2. The van der Waals surface area contributed by atoms with Crippen molar-refractivity contribution in [3.63, 3.8) is 0 Å². The van der Waals surface area contributed by atoms with E-state index >= 15 is 0 Å². The predicted molar refractivity (Wildman–Crippen MR) is 94.2 cm³/mol. The maximum Gasteiger partial charge on any atom is 0.225 e. The largest absolute Gasteiger partial charge is 0.341 e. The van der Waals surface area contributed by atoms with Gasteiger partial charge in [0.05, 0.1) is 5.75 Å². The Morgan fingerprint density at radius 3 is 2.54 bits per heavy atom. The smallest absolute Gasteiger partial charge is 0.225 e. The molecule has 0 aliphatic carbocycles. The van der Waals surface area contributed by atoms with E-state index in [1.54, 1.807) is 18.5 Å². The van der Waals surface area contributed by atoms with Gasteiger partial charge in [0.15, 0.2) is 0 Å². The minimum Gasteiger partial charge on any atom is -0.341 e. The Labute approximate surface area is 143 Å². The SMILES string of the molecule is Cc1cccc(CS(=O)(=O)NC2CCN(c3ncccn3)CC2)c1. The molecule has 2 heterocycles. The van der Waals surface area contributed by atoms with Crippen LogP contribution in [-0.2, 0) is 15.8 Å². The van der Waals surface area contributed by atoms with Crippen LogP contribution in [0, 0.1) is 6.92 Å². The van der Waals surface area contributed by atoms with E-state index in [2.05, 4.69) is 19.6 Å². The Morgan fingerprint density at radius 2 is 1.88 bits per heavy atom. The summed E-state index contributed by atoms with van der Waals surface area (Å²) in [6.07, 6.45) is 4.95. The molecule has 1 saturated heterocycles. The number of sulfonamides is 1. The molecule has 2 aromatic rings. The summed E-state index contributed by atoms with van der Waals surface area (Å²) >= 11 is 0. The average molecular weight is 346 g/mol. The number of aryl methyl sites for hydroxylation is 1. The number of benzene rings is 1. The van der Waals surface area contributed by atoms with Crippen molar-refractivity contribution < 1.29 is 8.42 Å². The molecule has 0 spiro atoms. The van der Waals surface area contributed by atoms with E-state index in [9.17, 15) is 8.42 Å². The maximum atomic E-state index is 12.4. The van der Waals surface area contributed by atoms with E-state index in [0.29, 0.717) is 5.95 Å². The van der Waals surface area contributed by atoms with Gasteiger partial charge >= 0.3 is 0 Å². The fraction of sp³-hybridized carbons (Fsp3) is 0.412. The first kappa shape index (κ1) is 16.9. The third kappa shape index (κ3) is 4.52. The Kier molecular flexibility index (Phi) is 5.11. The molecule has 3 rings (SSSR count). The number of nitrogens with one attached hydrogen (secondary N) is 1. The molecule has 0 atom stereocenters. The van der Waals surface area contributed by atoms with Crippen LogP contribution in [0.3, 0.4) is 0 Å². The van der Waals surface area contributed by atoms with Crippen molar-refractivity contribution in [2.75, 3.05) is 18.0 Å². The fourth-order valence-corrected chi connectivity index (χ4v) is 4.41. The summed E-state index contributed by atoms with van der Waals surface area (Å²) < 4.78 is 27.6. The van der Waals surface area contributed by atoms with E-state index in [0.717, 1.165) is 37.1 Å². The highest BCUT2D eigenvalue weighted by Gasteiger charge is 2.24. The molecule has 0 saturated carbocycles. The lowest BCUT2D eigenvalue weighted by Gasteiger charge is -2.32. The van der Waals surface area contributed by atoms with Crippen LogP contribution in [0.1, 0.15) is 24.0 Å². The minimum atomic E-state index is -3.33. The first-order valence-corrected chi connectivity index (χ1v) is 9.74. The number of anilines is 1. The van der Waals surface area contributed by atoms with Gasteiger partial charge in [0.1, 0.15) is 0 Å². The molecule has 0 radical (unpaired) electrons. The lowest BCUT2D eigenvalue weighted by Crippen LogP contribution is -2.45. The summed E-state index contributed by atoms with van der Waals surface area (Å²) in [5.41, 5.74) is 1.89. The molecule has 6 nitrogen and oxygen atoms in total. The van der Waals surface area contributed by atoms with Gasteiger partial charge in [0.2, 0.25) is 16.0 Å². The molecule has 1 N–H and O–H groups in total. The molecule has 0 bridgehead atoms. The molecule has 128 valence electrons. The van der Waals surface area contributed by atoms with Crippen molar-refractivity contribution in [1.29, 1.82) is 0 Å². The second-order valence-corrected chi connectivity index (χ2v) is 7.93. The Morgan fingerprint density at radius 1 is 1.17 bits per heavy atom. The van der Waals surface area contributed by atoms with Crippen LogP contribution >= 0.6 is 0 Å². The quantitative estimate of drug-likeness (QED) is 0.894. The number of rotatable bonds is 5. The van der Waals surface area contributed by atoms with Crippen LogP contribution in [0.4, 0.5) is 5.95 Å². The number of hydrogen-bond donors (Lipinski definition) is 1. The van der Waals surface area contributed by atoms with Gasteiger partial charge in [-0.1, -0.05) is 29.8 Å². The summed E-state index contributed by atoms with van der Waals surface area (Å²) in [6, 6.07) is 9.37. The van der Waals surface area contributed by atoms with Gasteiger partial charge in [0.25, 0.3) is 0 Å². The summed E-state index contributed by atoms with van der Waals surface area (Å²) in [5.74, 6) is 0.732.